The summed E-state index contributed by atoms with van der Waals surface area (Å²) in [6, 6.07) is 11.7. The summed E-state index contributed by atoms with van der Waals surface area (Å²) in [6.45, 7) is 5.20. The van der Waals surface area contributed by atoms with Gasteiger partial charge >= 0.3 is 0 Å². The number of carbonyl (C=O) groups is 2. The number of rotatable bonds is 5. The topological polar surface area (TPSA) is 71.5 Å². The predicted octanol–water partition coefficient (Wildman–Crippen LogP) is 3.13. The van der Waals surface area contributed by atoms with E-state index in [1.807, 2.05) is 48.6 Å². The molecule has 0 aliphatic carbocycles. The maximum atomic E-state index is 13.3. The van der Waals surface area contributed by atoms with Crippen LogP contribution in [0, 0.1) is 11.8 Å². The minimum Gasteiger partial charge on any atom is -0.360 e. The third-order valence-electron chi connectivity index (χ3n) is 6.42. The van der Waals surface area contributed by atoms with Crippen LogP contribution < -0.4 is 5.32 Å². The Balaban J connectivity index is 1.35. The predicted molar refractivity (Wildman–Crippen MR) is 113 cm³/mol. The minimum absolute atomic E-state index is 0.0268. The molecule has 2 aromatic rings. The van der Waals surface area contributed by atoms with Crippen LogP contribution in [0.15, 0.2) is 60.9 Å². The van der Waals surface area contributed by atoms with Crippen molar-refractivity contribution in [3.8, 4) is 0 Å². The van der Waals surface area contributed by atoms with E-state index in [-0.39, 0.29) is 17.9 Å². The molecular weight excluding hydrogens is 378 g/mol. The zero-order chi connectivity index (χ0) is 20.9. The summed E-state index contributed by atoms with van der Waals surface area (Å²) in [5, 5.41) is 3.00. The van der Waals surface area contributed by atoms with E-state index in [0.717, 1.165) is 11.3 Å². The molecule has 4 atom stereocenters. The number of benzene rings is 1. The Morgan fingerprint density at radius 3 is 2.80 bits per heavy atom. The van der Waals surface area contributed by atoms with Crippen molar-refractivity contribution in [3.05, 3.63) is 72.1 Å². The molecule has 3 aliphatic rings. The second-order valence-electron chi connectivity index (χ2n) is 8.72. The zero-order valence-electron chi connectivity index (χ0n) is 17.1. The van der Waals surface area contributed by atoms with Crippen molar-refractivity contribution in [2.45, 2.75) is 38.0 Å². The third kappa shape index (κ3) is 3.03. The standard InChI is InChI=1S/C24H25N3O3/c1-15(2)17-5-7-18(8-6-17)26-22(28)20-19-9-10-24(30-19)14-27(23(29)21(20)24)13-16-4-3-11-25-12-16/h3-12,15,19-21H,13-14H2,1-2H3,(H,26,28)/t19-,20+,21-,24?/m0/s1. The molecule has 2 fully saturated rings. The van der Waals surface area contributed by atoms with Gasteiger partial charge in [-0.05, 0) is 35.2 Å². The van der Waals surface area contributed by atoms with Crippen LogP contribution in [0.2, 0.25) is 0 Å². The zero-order valence-corrected chi connectivity index (χ0v) is 17.1. The lowest BCUT2D eigenvalue weighted by Crippen LogP contribution is -2.41. The van der Waals surface area contributed by atoms with Gasteiger partial charge in [-0.25, -0.2) is 0 Å². The van der Waals surface area contributed by atoms with Crippen molar-refractivity contribution in [1.29, 1.82) is 0 Å². The number of anilines is 1. The Labute approximate surface area is 175 Å². The van der Waals surface area contributed by atoms with Crippen LogP contribution in [-0.4, -0.2) is 39.9 Å². The molecule has 1 unspecified atom stereocenters. The molecule has 1 spiro atoms. The molecule has 1 N–H and O–H groups in total. The van der Waals surface area contributed by atoms with E-state index in [9.17, 15) is 9.59 Å². The number of carbonyl (C=O) groups excluding carboxylic acids is 2. The molecule has 0 saturated carbocycles. The van der Waals surface area contributed by atoms with Gasteiger partial charge in [-0.1, -0.05) is 44.2 Å². The number of likely N-dealkylation sites (tertiary alicyclic amines) is 1. The second-order valence-corrected chi connectivity index (χ2v) is 8.72. The lowest BCUT2D eigenvalue weighted by atomic mass is 9.76. The molecule has 6 heteroatoms. The van der Waals surface area contributed by atoms with Crippen molar-refractivity contribution < 1.29 is 14.3 Å². The maximum absolute atomic E-state index is 13.3. The third-order valence-corrected chi connectivity index (χ3v) is 6.42. The first-order valence-corrected chi connectivity index (χ1v) is 10.4. The summed E-state index contributed by atoms with van der Waals surface area (Å²) in [4.78, 5) is 32.4. The average molecular weight is 403 g/mol. The van der Waals surface area contributed by atoms with E-state index >= 15 is 0 Å². The van der Waals surface area contributed by atoms with Crippen LogP contribution in [0.25, 0.3) is 0 Å². The fourth-order valence-corrected chi connectivity index (χ4v) is 4.90. The molecule has 3 aliphatic heterocycles. The molecule has 0 radical (unpaired) electrons. The lowest BCUT2D eigenvalue weighted by molar-refractivity contribution is -0.136. The summed E-state index contributed by atoms with van der Waals surface area (Å²) in [5.74, 6) is -0.767. The molecule has 5 rings (SSSR count). The number of fused-ring (bicyclic) bond motifs is 1. The molecule has 4 heterocycles. The summed E-state index contributed by atoms with van der Waals surface area (Å²) in [6.07, 6.45) is 7.03. The van der Waals surface area contributed by atoms with Gasteiger partial charge in [0.1, 0.15) is 5.60 Å². The first kappa shape index (κ1) is 19.0. The van der Waals surface area contributed by atoms with E-state index in [1.165, 1.54) is 5.56 Å². The van der Waals surface area contributed by atoms with E-state index in [4.69, 9.17) is 4.74 Å². The van der Waals surface area contributed by atoms with Crippen LogP contribution in [0.5, 0.6) is 0 Å². The summed E-state index contributed by atoms with van der Waals surface area (Å²) in [5.41, 5.74) is 2.22. The fourth-order valence-electron chi connectivity index (χ4n) is 4.90. The van der Waals surface area contributed by atoms with Crippen LogP contribution in [0.1, 0.15) is 30.9 Å². The number of amides is 2. The van der Waals surface area contributed by atoms with Crippen LogP contribution >= 0.6 is 0 Å². The molecule has 1 aromatic carbocycles. The first-order valence-electron chi connectivity index (χ1n) is 10.4. The molecule has 1 aromatic heterocycles. The van der Waals surface area contributed by atoms with Gasteiger partial charge in [-0.15, -0.1) is 0 Å². The Bertz CT molecular complexity index is 1000. The van der Waals surface area contributed by atoms with E-state index in [1.54, 1.807) is 17.3 Å². The van der Waals surface area contributed by atoms with Crippen molar-refractivity contribution in [2.24, 2.45) is 11.8 Å². The number of hydrogen-bond donors (Lipinski definition) is 1. The van der Waals surface area contributed by atoms with Crippen molar-refractivity contribution in [3.63, 3.8) is 0 Å². The summed E-state index contributed by atoms with van der Waals surface area (Å²) < 4.78 is 6.19. The smallest absolute Gasteiger partial charge is 0.231 e. The Morgan fingerprint density at radius 2 is 2.10 bits per heavy atom. The number of pyridine rings is 1. The first-order chi connectivity index (χ1) is 14.5. The van der Waals surface area contributed by atoms with Gasteiger partial charge in [-0.2, -0.15) is 0 Å². The molecular formula is C24H25N3O3. The Morgan fingerprint density at radius 1 is 1.30 bits per heavy atom. The highest BCUT2D eigenvalue weighted by Crippen LogP contribution is 2.52. The largest absolute Gasteiger partial charge is 0.360 e. The normalized spacial score (nSPS) is 29.0. The average Bonchev–Trinajstić information content (AvgIpc) is 3.37. The van der Waals surface area contributed by atoms with Gasteiger partial charge in [0, 0.05) is 24.6 Å². The quantitative estimate of drug-likeness (QED) is 0.779. The number of aromatic nitrogens is 1. The molecule has 30 heavy (non-hydrogen) atoms. The SMILES string of the molecule is CC(C)c1ccc(NC(=O)[C@@H]2[C@@H]3C=CC4(CN(Cc5cccnc5)C(=O)[C@H]24)O3)cc1. The lowest BCUT2D eigenvalue weighted by Gasteiger charge is -2.23. The highest BCUT2D eigenvalue weighted by molar-refractivity contribution is 5.99. The number of hydrogen-bond acceptors (Lipinski definition) is 4. The van der Waals surface area contributed by atoms with Crippen LogP contribution in [0.3, 0.4) is 0 Å². The second kappa shape index (κ2) is 7.06. The Kier molecular flexibility index (Phi) is 4.47. The maximum Gasteiger partial charge on any atom is 0.231 e. The highest BCUT2D eigenvalue weighted by atomic mass is 16.5. The summed E-state index contributed by atoms with van der Waals surface area (Å²) >= 11 is 0. The molecule has 2 amide bonds. The molecule has 2 saturated heterocycles. The van der Waals surface area contributed by atoms with Crippen molar-refractivity contribution >= 4 is 17.5 Å². The Hall–Kier alpha value is -2.99. The number of ether oxygens (including phenoxy) is 1. The summed E-state index contributed by atoms with van der Waals surface area (Å²) in [7, 11) is 0. The van der Waals surface area contributed by atoms with Crippen LogP contribution in [0.4, 0.5) is 5.69 Å². The van der Waals surface area contributed by atoms with E-state index < -0.39 is 17.4 Å². The molecule has 6 nitrogen and oxygen atoms in total. The van der Waals surface area contributed by atoms with Crippen molar-refractivity contribution in [2.75, 3.05) is 11.9 Å². The van der Waals surface area contributed by atoms with Gasteiger partial charge in [0.15, 0.2) is 0 Å². The number of nitrogens with zero attached hydrogens (tertiary/aromatic N) is 2. The highest BCUT2D eigenvalue weighted by Gasteiger charge is 2.66. The fraction of sp³-hybridized carbons (Fsp3) is 0.375. The molecule has 154 valence electrons. The van der Waals surface area contributed by atoms with Gasteiger partial charge in [0.05, 0.1) is 24.5 Å². The van der Waals surface area contributed by atoms with E-state index in [0.29, 0.717) is 19.0 Å². The van der Waals surface area contributed by atoms with Gasteiger partial charge in [0.2, 0.25) is 11.8 Å². The number of nitrogens with one attached hydrogen (secondary N) is 1. The van der Waals surface area contributed by atoms with Gasteiger partial charge in [0.25, 0.3) is 0 Å². The van der Waals surface area contributed by atoms with Crippen molar-refractivity contribution in [1.82, 2.24) is 9.88 Å². The van der Waals surface area contributed by atoms with Gasteiger partial charge in [-0.3, -0.25) is 14.6 Å². The van der Waals surface area contributed by atoms with E-state index in [2.05, 4.69) is 24.1 Å². The van der Waals surface area contributed by atoms with Crippen LogP contribution in [-0.2, 0) is 20.9 Å². The minimum atomic E-state index is -0.701. The van der Waals surface area contributed by atoms with Gasteiger partial charge < -0.3 is 15.0 Å². The monoisotopic (exact) mass is 403 g/mol. The molecule has 2 bridgehead atoms.